The minimum absolute atomic E-state index is 0.269. The van der Waals surface area contributed by atoms with E-state index in [0.717, 1.165) is 12.1 Å². The predicted octanol–water partition coefficient (Wildman–Crippen LogP) is 2.40. The minimum Gasteiger partial charge on any atom is -0.318 e. The highest BCUT2D eigenvalue weighted by molar-refractivity contribution is 5.99. The van der Waals surface area contributed by atoms with Crippen molar-refractivity contribution in [2.75, 3.05) is 5.32 Å². The third kappa shape index (κ3) is 1.96. The number of amides is 1. The highest BCUT2D eigenvalue weighted by Crippen LogP contribution is 2.21. The van der Waals surface area contributed by atoms with Gasteiger partial charge in [0, 0.05) is 0 Å². The Balaban J connectivity index is 3.12. The molecule has 0 aliphatic carbocycles. The quantitative estimate of drug-likeness (QED) is 0.724. The highest BCUT2D eigenvalue weighted by atomic mass is 19.1. The van der Waals surface area contributed by atoms with E-state index in [0.29, 0.717) is 0 Å². The molecule has 0 unspecified atom stereocenters. The van der Waals surface area contributed by atoms with Crippen LogP contribution in [0, 0.1) is 18.6 Å². The number of rotatable bonds is 2. The van der Waals surface area contributed by atoms with Gasteiger partial charge in [-0.3, -0.25) is 4.79 Å². The van der Waals surface area contributed by atoms with Gasteiger partial charge >= 0.3 is 0 Å². The van der Waals surface area contributed by atoms with Gasteiger partial charge in [0.2, 0.25) is 5.91 Å². The van der Waals surface area contributed by atoms with Crippen molar-refractivity contribution in [3.63, 3.8) is 0 Å². The average molecular weight is 197 g/mol. The second-order valence-electron chi connectivity index (χ2n) is 2.75. The number of nitrogens with one attached hydrogen (secondary N) is 1. The molecule has 0 aliphatic heterocycles. The van der Waals surface area contributed by atoms with Crippen molar-refractivity contribution in [3.8, 4) is 0 Å². The van der Waals surface area contributed by atoms with Gasteiger partial charge in [0.15, 0.2) is 5.82 Å². The molecule has 2 nitrogen and oxygen atoms in total. The van der Waals surface area contributed by atoms with Gasteiger partial charge in [-0.15, -0.1) is 0 Å². The number of carbonyl (C=O) groups is 1. The Labute approximate surface area is 80.2 Å². The summed E-state index contributed by atoms with van der Waals surface area (Å²) in [6.07, 6.45) is 0.946. The topological polar surface area (TPSA) is 29.1 Å². The van der Waals surface area contributed by atoms with Gasteiger partial charge in [-0.05, 0) is 24.6 Å². The van der Waals surface area contributed by atoms with Crippen molar-refractivity contribution < 1.29 is 13.6 Å². The lowest BCUT2D eigenvalue weighted by molar-refractivity contribution is -0.111. The van der Waals surface area contributed by atoms with E-state index in [1.807, 2.05) is 0 Å². The summed E-state index contributed by atoms with van der Waals surface area (Å²) < 4.78 is 26.3. The van der Waals surface area contributed by atoms with Crippen LogP contribution in [-0.2, 0) is 4.79 Å². The van der Waals surface area contributed by atoms with Gasteiger partial charge in [-0.2, -0.15) is 0 Å². The Morgan fingerprint density at radius 2 is 2.14 bits per heavy atom. The first kappa shape index (κ1) is 10.4. The Morgan fingerprint density at radius 1 is 1.50 bits per heavy atom. The molecule has 74 valence electrons. The van der Waals surface area contributed by atoms with Crippen molar-refractivity contribution >= 4 is 11.6 Å². The second kappa shape index (κ2) is 4.00. The Bertz CT molecular complexity index is 388. The lowest BCUT2D eigenvalue weighted by Crippen LogP contribution is -2.11. The SMILES string of the molecule is C=CC(=O)Nc1c(F)ccc(C)c1F. The van der Waals surface area contributed by atoms with Crippen molar-refractivity contribution in [1.29, 1.82) is 0 Å². The van der Waals surface area contributed by atoms with Crippen LogP contribution in [0.25, 0.3) is 0 Å². The predicted molar refractivity (Wildman–Crippen MR) is 49.9 cm³/mol. The Morgan fingerprint density at radius 3 is 2.71 bits per heavy atom. The molecule has 0 fully saturated rings. The van der Waals surface area contributed by atoms with Gasteiger partial charge in [-0.25, -0.2) is 8.78 Å². The van der Waals surface area contributed by atoms with Gasteiger partial charge < -0.3 is 5.32 Å². The van der Waals surface area contributed by atoms with Crippen LogP contribution in [0.4, 0.5) is 14.5 Å². The zero-order chi connectivity index (χ0) is 10.7. The maximum atomic E-state index is 13.3. The van der Waals surface area contributed by atoms with Crippen molar-refractivity contribution in [3.05, 3.63) is 42.0 Å². The summed E-state index contributed by atoms with van der Waals surface area (Å²) >= 11 is 0. The third-order valence-electron chi connectivity index (χ3n) is 1.72. The van der Waals surface area contributed by atoms with Crippen molar-refractivity contribution in [1.82, 2.24) is 0 Å². The fourth-order valence-corrected chi connectivity index (χ4v) is 0.945. The van der Waals surface area contributed by atoms with E-state index in [4.69, 9.17) is 0 Å². The smallest absolute Gasteiger partial charge is 0.247 e. The van der Waals surface area contributed by atoms with E-state index in [9.17, 15) is 13.6 Å². The molecular weight excluding hydrogens is 188 g/mol. The van der Waals surface area contributed by atoms with Crippen LogP contribution in [0.15, 0.2) is 24.8 Å². The lowest BCUT2D eigenvalue weighted by atomic mass is 10.2. The van der Waals surface area contributed by atoms with Gasteiger partial charge in [0.05, 0.1) is 0 Å². The zero-order valence-corrected chi connectivity index (χ0v) is 7.60. The molecular formula is C10H9F2NO. The van der Waals surface area contributed by atoms with Crippen LogP contribution in [0.5, 0.6) is 0 Å². The van der Waals surface area contributed by atoms with Crippen LogP contribution in [0.2, 0.25) is 0 Å². The Hall–Kier alpha value is -1.71. The summed E-state index contributed by atoms with van der Waals surface area (Å²) in [5.41, 5.74) is -0.166. The number of hydrogen-bond acceptors (Lipinski definition) is 1. The normalized spacial score (nSPS) is 9.64. The van der Waals surface area contributed by atoms with Gasteiger partial charge in [0.25, 0.3) is 0 Å². The van der Waals surface area contributed by atoms with Crippen LogP contribution >= 0.6 is 0 Å². The van der Waals surface area contributed by atoms with Crippen molar-refractivity contribution in [2.24, 2.45) is 0 Å². The molecule has 0 radical (unpaired) electrons. The fraction of sp³-hybridized carbons (Fsp3) is 0.100. The number of anilines is 1. The van der Waals surface area contributed by atoms with E-state index in [2.05, 4.69) is 11.9 Å². The highest BCUT2D eigenvalue weighted by Gasteiger charge is 2.12. The second-order valence-corrected chi connectivity index (χ2v) is 2.75. The number of carbonyl (C=O) groups excluding carboxylic acids is 1. The first-order valence-corrected chi connectivity index (χ1v) is 3.94. The molecule has 1 N–H and O–H groups in total. The van der Waals surface area contributed by atoms with Crippen LogP contribution in [0.1, 0.15) is 5.56 Å². The summed E-state index contributed by atoms with van der Waals surface area (Å²) in [7, 11) is 0. The molecule has 0 aromatic heterocycles. The fourth-order valence-electron chi connectivity index (χ4n) is 0.945. The molecule has 1 aromatic carbocycles. The molecule has 0 aliphatic rings. The summed E-state index contributed by atoms with van der Waals surface area (Å²) in [6, 6.07) is 2.39. The van der Waals surface area contributed by atoms with Gasteiger partial charge in [0.1, 0.15) is 11.5 Å². The number of halogens is 2. The van der Waals surface area contributed by atoms with Crippen LogP contribution in [-0.4, -0.2) is 5.91 Å². The summed E-state index contributed by atoms with van der Waals surface area (Å²) in [4.78, 5) is 10.8. The van der Waals surface area contributed by atoms with E-state index >= 15 is 0 Å². The zero-order valence-electron chi connectivity index (χ0n) is 7.60. The molecule has 0 spiro atoms. The Kier molecular flexibility index (Phi) is 2.96. The van der Waals surface area contributed by atoms with Gasteiger partial charge in [-0.1, -0.05) is 12.6 Å². The molecule has 0 bridgehead atoms. The molecule has 4 heteroatoms. The molecule has 1 amide bonds. The van der Waals surface area contributed by atoms with Crippen LogP contribution < -0.4 is 5.32 Å². The molecule has 0 atom stereocenters. The molecule has 0 saturated heterocycles. The van der Waals surface area contributed by atoms with Crippen molar-refractivity contribution in [2.45, 2.75) is 6.92 Å². The third-order valence-corrected chi connectivity index (χ3v) is 1.72. The summed E-state index contributed by atoms with van der Waals surface area (Å²) in [6.45, 7) is 4.67. The maximum Gasteiger partial charge on any atom is 0.247 e. The van der Waals surface area contributed by atoms with E-state index in [1.165, 1.54) is 13.0 Å². The molecule has 0 heterocycles. The number of benzene rings is 1. The standard InChI is InChI=1S/C10H9F2NO/c1-3-8(14)13-10-7(11)5-4-6(2)9(10)12/h3-5H,1H2,2H3,(H,13,14). The lowest BCUT2D eigenvalue weighted by Gasteiger charge is -2.06. The minimum atomic E-state index is -0.802. The largest absolute Gasteiger partial charge is 0.318 e. The van der Waals surface area contributed by atoms with E-state index < -0.39 is 23.2 Å². The van der Waals surface area contributed by atoms with E-state index in [-0.39, 0.29) is 5.56 Å². The molecule has 1 rings (SSSR count). The number of aryl methyl sites for hydroxylation is 1. The molecule has 0 saturated carbocycles. The summed E-state index contributed by atoms with van der Waals surface area (Å²) in [5, 5.41) is 2.06. The number of hydrogen-bond donors (Lipinski definition) is 1. The molecule has 1 aromatic rings. The average Bonchev–Trinajstić information content (AvgIpc) is 2.18. The summed E-state index contributed by atoms with van der Waals surface area (Å²) in [5.74, 6) is -2.21. The maximum absolute atomic E-state index is 13.3. The molecule has 14 heavy (non-hydrogen) atoms. The first-order chi connectivity index (χ1) is 6.56. The van der Waals surface area contributed by atoms with E-state index in [1.54, 1.807) is 0 Å². The first-order valence-electron chi connectivity index (χ1n) is 3.94. The van der Waals surface area contributed by atoms with Crippen LogP contribution in [0.3, 0.4) is 0 Å². The monoisotopic (exact) mass is 197 g/mol.